The van der Waals surface area contributed by atoms with Crippen molar-refractivity contribution in [1.29, 1.82) is 0 Å². The molecule has 9 aromatic rings. The van der Waals surface area contributed by atoms with Crippen LogP contribution in [0.4, 0.5) is 0 Å². The SMILES string of the molecule is c1ccc(-c2ccc(-c3nc(-c4ccc5ccccc5c4)nc(-c4cccc5ccc6c7ccncc7oc6c45)n3)cc2)cc1. The molecule has 45 heavy (non-hydrogen) atoms. The van der Waals surface area contributed by atoms with E-state index in [1.807, 2.05) is 18.2 Å². The fraction of sp³-hybridized carbons (Fsp3) is 0. The van der Waals surface area contributed by atoms with Crippen LogP contribution in [0.1, 0.15) is 0 Å². The van der Waals surface area contributed by atoms with Crippen molar-refractivity contribution in [3.05, 3.63) is 146 Å². The molecule has 0 saturated heterocycles. The van der Waals surface area contributed by atoms with E-state index >= 15 is 0 Å². The van der Waals surface area contributed by atoms with Crippen LogP contribution in [0.2, 0.25) is 0 Å². The monoisotopic (exact) mass is 576 g/mol. The Morgan fingerprint density at radius 2 is 1.11 bits per heavy atom. The van der Waals surface area contributed by atoms with Gasteiger partial charge in [-0.25, -0.2) is 15.0 Å². The Morgan fingerprint density at radius 1 is 0.444 bits per heavy atom. The molecule has 0 radical (unpaired) electrons. The van der Waals surface area contributed by atoms with Crippen LogP contribution in [0.25, 0.3) is 88.8 Å². The number of benzene rings is 6. The van der Waals surface area contributed by atoms with Crippen molar-refractivity contribution in [3.8, 4) is 45.3 Å². The Hall–Kier alpha value is -6.20. The normalized spacial score (nSPS) is 11.6. The van der Waals surface area contributed by atoms with Gasteiger partial charge >= 0.3 is 0 Å². The van der Waals surface area contributed by atoms with Crippen molar-refractivity contribution in [2.24, 2.45) is 0 Å². The molecule has 0 spiro atoms. The fourth-order valence-corrected chi connectivity index (χ4v) is 6.17. The van der Waals surface area contributed by atoms with Gasteiger partial charge in [-0.1, -0.05) is 115 Å². The third-order valence-electron chi connectivity index (χ3n) is 8.42. The van der Waals surface area contributed by atoms with Gasteiger partial charge in [-0.3, -0.25) is 4.98 Å². The highest BCUT2D eigenvalue weighted by molar-refractivity contribution is 6.18. The summed E-state index contributed by atoms with van der Waals surface area (Å²) < 4.78 is 6.43. The minimum absolute atomic E-state index is 0.590. The highest BCUT2D eigenvalue weighted by Crippen LogP contribution is 2.38. The molecular formula is C40H24N4O. The topological polar surface area (TPSA) is 64.7 Å². The van der Waals surface area contributed by atoms with E-state index in [0.717, 1.165) is 65.9 Å². The van der Waals surface area contributed by atoms with E-state index in [9.17, 15) is 0 Å². The number of furan rings is 1. The predicted octanol–water partition coefficient (Wildman–Crippen LogP) is 10.1. The fourth-order valence-electron chi connectivity index (χ4n) is 6.17. The Labute approximate surface area is 258 Å². The molecular weight excluding hydrogens is 552 g/mol. The summed E-state index contributed by atoms with van der Waals surface area (Å²) in [6.45, 7) is 0. The van der Waals surface area contributed by atoms with Crippen LogP contribution in [-0.2, 0) is 0 Å². The molecule has 0 N–H and O–H groups in total. The molecule has 0 aliphatic rings. The van der Waals surface area contributed by atoms with Crippen molar-refractivity contribution in [2.75, 3.05) is 0 Å². The van der Waals surface area contributed by atoms with Crippen LogP contribution in [0, 0.1) is 0 Å². The molecule has 0 bridgehead atoms. The lowest BCUT2D eigenvalue weighted by atomic mass is 10.0. The zero-order valence-electron chi connectivity index (χ0n) is 24.1. The first kappa shape index (κ1) is 25.3. The second kappa shape index (κ2) is 10.2. The quantitative estimate of drug-likeness (QED) is 0.209. The van der Waals surface area contributed by atoms with Crippen LogP contribution in [-0.4, -0.2) is 19.9 Å². The minimum Gasteiger partial charge on any atom is -0.454 e. The molecule has 210 valence electrons. The maximum absolute atomic E-state index is 6.43. The lowest BCUT2D eigenvalue weighted by molar-refractivity contribution is 0.670. The Balaban J connectivity index is 1.28. The first-order valence-electron chi connectivity index (χ1n) is 14.9. The third-order valence-corrected chi connectivity index (χ3v) is 8.42. The van der Waals surface area contributed by atoms with Gasteiger partial charge in [0.25, 0.3) is 0 Å². The van der Waals surface area contributed by atoms with Gasteiger partial charge in [-0.05, 0) is 45.5 Å². The molecule has 3 aromatic heterocycles. The van der Waals surface area contributed by atoms with Crippen LogP contribution in [0.5, 0.6) is 0 Å². The van der Waals surface area contributed by atoms with E-state index in [1.165, 1.54) is 5.39 Å². The maximum atomic E-state index is 6.43. The molecule has 5 nitrogen and oxygen atoms in total. The average molecular weight is 577 g/mol. The number of aromatic nitrogens is 4. The van der Waals surface area contributed by atoms with Crippen LogP contribution in [0.15, 0.2) is 150 Å². The van der Waals surface area contributed by atoms with Crippen molar-refractivity contribution < 1.29 is 4.42 Å². The number of nitrogens with zero attached hydrogens (tertiary/aromatic N) is 4. The van der Waals surface area contributed by atoms with Gasteiger partial charge in [0.05, 0.1) is 6.20 Å². The summed E-state index contributed by atoms with van der Waals surface area (Å²) in [6, 6.07) is 45.9. The van der Waals surface area contributed by atoms with Crippen molar-refractivity contribution in [1.82, 2.24) is 19.9 Å². The number of rotatable bonds is 4. The summed E-state index contributed by atoms with van der Waals surface area (Å²) in [7, 11) is 0. The van der Waals surface area contributed by atoms with E-state index in [4.69, 9.17) is 19.4 Å². The number of pyridine rings is 1. The summed E-state index contributed by atoms with van der Waals surface area (Å²) >= 11 is 0. The molecule has 5 heteroatoms. The van der Waals surface area contributed by atoms with Crippen molar-refractivity contribution in [3.63, 3.8) is 0 Å². The van der Waals surface area contributed by atoms with E-state index in [-0.39, 0.29) is 0 Å². The molecule has 0 saturated carbocycles. The highest BCUT2D eigenvalue weighted by atomic mass is 16.3. The highest BCUT2D eigenvalue weighted by Gasteiger charge is 2.18. The second-order valence-corrected chi connectivity index (χ2v) is 11.1. The zero-order chi connectivity index (χ0) is 29.7. The molecule has 0 aliphatic heterocycles. The summed E-state index contributed by atoms with van der Waals surface area (Å²) in [5.41, 5.74) is 6.59. The van der Waals surface area contributed by atoms with Crippen molar-refractivity contribution in [2.45, 2.75) is 0 Å². The van der Waals surface area contributed by atoms with Gasteiger partial charge in [-0.2, -0.15) is 0 Å². The Kier molecular flexibility index (Phi) is 5.74. The van der Waals surface area contributed by atoms with E-state index < -0.39 is 0 Å². The number of fused-ring (bicyclic) bond motifs is 6. The van der Waals surface area contributed by atoms with E-state index in [1.54, 1.807) is 12.4 Å². The zero-order valence-corrected chi connectivity index (χ0v) is 24.1. The first-order chi connectivity index (χ1) is 22.3. The molecule has 0 fully saturated rings. The van der Waals surface area contributed by atoms with Gasteiger partial charge < -0.3 is 4.42 Å². The molecule has 0 unspecified atom stereocenters. The molecule has 0 atom stereocenters. The van der Waals surface area contributed by atoms with Crippen LogP contribution < -0.4 is 0 Å². The Morgan fingerprint density at radius 3 is 1.98 bits per heavy atom. The molecule has 0 amide bonds. The summed E-state index contributed by atoms with van der Waals surface area (Å²) in [6.07, 6.45) is 3.56. The third kappa shape index (κ3) is 4.33. The molecule has 0 aliphatic carbocycles. The number of hydrogen-bond donors (Lipinski definition) is 0. The largest absolute Gasteiger partial charge is 0.454 e. The lowest BCUT2D eigenvalue weighted by Gasteiger charge is -2.11. The second-order valence-electron chi connectivity index (χ2n) is 11.1. The first-order valence-corrected chi connectivity index (χ1v) is 14.9. The summed E-state index contributed by atoms with van der Waals surface area (Å²) in [4.78, 5) is 19.5. The van der Waals surface area contributed by atoms with Gasteiger partial charge in [0.1, 0.15) is 5.58 Å². The van der Waals surface area contributed by atoms with E-state index in [0.29, 0.717) is 17.5 Å². The maximum Gasteiger partial charge on any atom is 0.164 e. The predicted molar refractivity (Wildman–Crippen MR) is 182 cm³/mol. The van der Waals surface area contributed by atoms with Gasteiger partial charge in [0.2, 0.25) is 0 Å². The van der Waals surface area contributed by atoms with Gasteiger partial charge in [-0.15, -0.1) is 0 Å². The standard InChI is InChI=1S/C40H24N4O/c1-2-7-25(8-3-1)27-13-16-29(17-14-27)38-42-39(31-18-15-26-9-4-5-10-30(26)23-31)44-40(43-38)34-12-6-11-28-19-20-33-32-21-22-41-24-35(32)45-37(33)36(28)34/h1-24H. The molecule has 9 rings (SSSR count). The van der Waals surface area contributed by atoms with Gasteiger partial charge in [0, 0.05) is 39.0 Å². The minimum atomic E-state index is 0.590. The average Bonchev–Trinajstić information content (AvgIpc) is 3.50. The smallest absolute Gasteiger partial charge is 0.164 e. The summed E-state index contributed by atoms with van der Waals surface area (Å²) in [5, 5.41) is 6.38. The Bertz CT molecular complexity index is 2540. The van der Waals surface area contributed by atoms with Crippen LogP contribution >= 0.6 is 0 Å². The molecule has 3 heterocycles. The lowest BCUT2D eigenvalue weighted by Crippen LogP contribution is -2.00. The molecule has 6 aromatic carbocycles. The number of hydrogen-bond acceptors (Lipinski definition) is 5. The van der Waals surface area contributed by atoms with Gasteiger partial charge in [0.15, 0.2) is 23.1 Å². The summed E-state index contributed by atoms with van der Waals surface area (Å²) in [5.74, 6) is 1.82. The van der Waals surface area contributed by atoms with Crippen molar-refractivity contribution >= 4 is 43.5 Å². The van der Waals surface area contributed by atoms with E-state index in [2.05, 4.69) is 120 Å². The van der Waals surface area contributed by atoms with Crippen LogP contribution in [0.3, 0.4) is 0 Å².